The highest BCUT2D eigenvalue weighted by Crippen LogP contribution is 2.31. The molecule has 0 aliphatic rings. The van der Waals surface area contributed by atoms with E-state index in [1.807, 2.05) is 156 Å². The van der Waals surface area contributed by atoms with Crippen LogP contribution >= 0.6 is 60.2 Å². The quantitative estimate of drug-likeness (QED) is 0.0320. The van der Waals surface area contributed by atoms with Crippen LogP contribution in [0.5, 0.6) is 0 Å². The molecule has 15 aromatic heterocycles. The number of nitrogens with two attached hydrogens (primary N) is 1. The molecule has 0 aliphatic heterocycles. The topological polar surface area (TPSA) is 310 Å². The van der Waals surface area contributed by atoms with Gasteiger partial charge < -0.3 is 46.6 Å². The van der Waals surface area contributed by atoms with Crippen molar-refractivity contribution in [2.45, 2.75) is 87.0 Å². The fraction of sp³-hybridized carbons (Fsp3) is 0.193. The lowest BCUT2D eigenvalue weighted by Gasteiger charge is -2.13. The molecule has 0 bridgehead atoms. The molecule has 628 valence electrons. The predicted molar refractivity (Wildman–Crippen MR) is 492 cm³/mol. The van der Waals surface area contributed by atoms with Gasteiger partial charge in [-0.3, -0.25) is 26.7 Å². The molecule has 0 atom stereocenters. The number of anilines is 3. The van der Waals surface area contributed by atoms with Gasteiger partial charge >= 0.3 is 0 Å². The summed E-state index contributed by atoms with van der Waals surface area (Å²) in [5, 5.41) is 13.8. The van der Waals surface area contributed by atoms with Gasteiger partial charge in [0.25, 0.3) is 0 Å². The minimum Gasteiger partial charge on any atom is -0.367 e. The molecule has 0 spiro atoms. The molecular weight excluding hydrogens is 1770 g/mol. The molecule has 0 saturated heterocycles. The maximum Gasteiger partial charge on any atom is 0.180 e. The van der Waals surface area contributed by atoms with Gasteiger partial charge in [-0.1, -0.05) is 82.1 Å². The summed E-state index contributed by atoms with van der Waals surface area (Å²) >= 11 is 10.1. The molecule has 19 rings (SSSR count). The Kier molecular flexibility index (Phi) is 27.6. The van der Waals surface area contributed by atoms with Gasteiger partial charge in [-0.25, -0.2) is 72.4 Å². The molecule has 0 saturated carbocycles. The molecule has 0 radical (unpaired) electrons. The Morgan fingerprint density at radius 2 is 0.811 bits per heavy atom. The number of aromatic amines is 5. The van der Waals surface area contributed by atoms with Crippen molar-refractivity contribution in [2.24, 2.45) is 5.73 Å². The third kappa shape index (κ3) is 19.2. The van der Waals surface area contributed by atoms with Crippen LogP contribution in [0.1, 0.15) is 104 Å². The van der Waals surface area contributed by atoms with Crippen molar-refractivity contribution in [3.05, 3.63) is 304 Å². The molecule has 19 aromatic rings. The van der Waals surface area contributed by atoms with E-state index in [0.29, 0.717) is 82.6 Å². The summed E-state index contributed by atoms with van der Waals surface area (Å²) in [6.45, 7) is 30.4. The fourth-order valence-corrected chi connectivity index (χ4v) is 15.5. The van der Waals surface area contributed by atoms with Crippen LogP contribution in [0.2, 0.25) is 0 Å². The molecule has 10 N–H and O–H groups in total. The maximum absolute atomic E-state index is 14.0. The number of imidazole rings is 7. The zero-order valence-corrected chi connectivity index (χ0v) is 73.5. The Hall–Kier alpha value is -12.8. The number of nitrogens with one attached hydrogen (secondary N) is 8. The van der Waals surface area contributed by atoms with Gasteiger partial charge in [-0.05, 0) is 191 Å². The Labute approximate surface area is 731 Å². The molecule has 34 heteroatoms. The first-order valence-electron chi connectivity index (χ1n) is 38.7. The molecule has 0 aliphatic carbocycles. The summed E-state index contributed by atoms with van der Waals surface area (Å²) in [7, 11) is 0. The number of H-pyrrole nitrogens is 5. The van der Waals surface area contributed by atoms with E-state index in [4.69, 9.17) is 15.7 Å². The van der Waals surface area contributed by atoms with E-state index in [2.05, 4.69) is 172 Å². The highest BCUT2D eigenvalue weighted by atomic mass is 79.9. The van der Waals surface area contributed by atoms with Crippen LogP contribution < -0.4 is 21.7 Å². The molecule has 15 heterocycles. The number of fused-ring (bicyclic) bond motifs is 8. The van der Waals surface area contributed by atoms with Gasteiger partial charge in [0.1, 0.15) is 49.9 Å². The molecule has 122 heavy (non-hydrogen) atoms. The van der Waals surface area contributed by atoms with Gasteiger partial charge in [-0.15, -0.1) is 12.4 Å². The van der Waals surface area contributed by atoms with E-state index < -0.39 is 0 Å². The second-order valence-corrected chi connectivity index (χ2v) is 31.3. The Bertz CT molecular complexity index is 6940. The fourth-order valence-electron chi connectivity index (χ4n) is 14.0. The summed E-state index contributed by atoms with van der Waals surface area (Å²) in [4.78, 5) is 63.6. The summed E-state index contributed by atoms with van der Waals surface area (Å²) in [6, 6.07) is 20.4. The minimum absolute atomic E-state index is 0. The molecule has 26 nitrogen and oxygen atoms in total. The van der Waals surface area contributed by atoms with Crippen molar-refractivity contribution in [3.8, 4) is 11.6 Å². The molecule has 4 aromatic carbocycles. The predicted octanol–water partition coefficient (Wildman–Crippen LogP) is 20.4. The SMILES string of the molecule is C=C(C)c1cnc2c(Br)nc(Br)cn12.C=C(C)c1cnc2c(NCCc3c[nH]c4c(F)cccc34)nc(-n3ccnc3C)cn12.C=C(C)c1cnc2c(NCCc3c[nH]c4c(F)cccc34)nc(Br)cn12.Cc1ncc[nH]1.Cc1nccn1-c1cn2c(C(C)C)cnc2c(NCCc2c[nH]c3c(F)cccc23)n1.Cl.NCCc1c[nH]c2c(F)cccc12.[HH]. The van der Waals surface area contributed by atoms with Gasteiger partial charge in [-0.2, -0.15) is 0 Å². The van der Waals surface area contributed by atoms with Crippen LogP contribution in [0.15, 0.2) is 218 Å². The standard InChI is InChI=1S/C23H24FN7.C23H22FN7.C19H17BrFN5.C10H11FN2.C9H7Br2N3.C4H6N2.ClH.H2/c2*1-14(2)19-12-28-23-22(29-20(13-31(19)23)30-10-9-25-15(30)3)26-8-7-16-11-27-21-17(16)5-4-6-18(21)24;1-11(2)15-9-24-19-18(25-16(20)10-26(15)19)22-7-6-12-8-23-17-13(12)4-3-5-14(17)21;11-9-3-1-2-8-7(4-5-12)6-13-10(8)9;1-5(2)6-3-12-9-8(11)13-7(10)4-14(6)9;1-4-5-2-3-6-4;;/h4-6,9-14,27H,7-8H2,1-3H3,(H,26,29);4-6,9-13,27H,1,7-8H2,2-3H3,(H,26,29);3-5,8-10,23H,1,6-7H2,2H3,(H,22,25);1-3,6,13H,4-5,12H2;3-4H,1H2,2H3;2-3H,1H3,(H,5,6);2*1H. The summed E-state index contributed by atoms with van der Waals surface area (Å²) in [5.74, 6) is 5.67. The highest BCUT2D eigenvalue weighted by molar-refractivity contribution is 9.11. The first-order valence-corrected chi connectivity index (χ1v) is 41.1. The average molecular weight is 1860 g/mol. The molecule has 0 fully saturated rings. The summed E-state index contributed by atoms with van der Waals surface area (Å²) in [5.41, 5.74) is 21.7. The summed E-state index contributed by atoms with van der Waals surface area (Å²) in [6.07, 6.45) is 36.2. The molecule has 0 unspecified atom stereocenters. The molecule has 0 amide bonds. The van der Waals surface area contributed by atoms with Crippen molar-refractivity contribution in [1.82, 2.24) is 106 Å². The monoisotopic (exact) mass is 1860 g/mol. The lowest BCUT2D eigenvalue weighted by molar-refractivity contribution is 0.637. The van der Waals surface area contributed by atoms with Crippen LogP contribution in [0.4, 0.5) is 35.0 Å². The summed E-state index contributed by atoms with van der Waals surface area (Å²) < 4.78 is 69.0. The maximum atomic E-state index is 14.0. The highest BCUT2D eigenvalue weighted by Gasteiger charge is 2.20. The Morgan fingerprint density at radius 3 is 1.17 bits per heavy atom. The zero-order chi connectivity index (χ0) is 85.3. The van der Waals surface area contributed by atoms with Crippen molar-refractivity contribution in [3.63, 3.8) is 0 Å². The van der Waals surface area contributed by atoms with Gasteiger partial charge in [0.05, 0.1) is 70.1 Å². The largest absolute Gasteiger partial charge is 0.367 e. The number of benzene rings is 4. The van der Waals surface area contributed by atoms with Crippen LogP contribution in [0.3, 0.4) is 0 Å². The minimum atomic E-state index is -0.242. The zero-order valence-electron chi connectivity index (χ0n) is 67.9. The molecular formula is C88H90Br3ClF4N26. The van der Waals surface area contributed by atoms with Gasteiger partial charge in [0.2, 0.25) is 0 Å². The van der Waals surface area contributed by atoms with Crippen LogP contribution in [0.25, 0.3) is 94.6 Å². The number of nitrogens with zero attached hydrogens (tertiary/aromatic N) is 17. The lowest BCUT2D eigenvalue weighted by Crippen LogP contribution is -2.11. The van der Waals surface area contributed by atoms with Crippen molar-refractivity contribution >= 4 is 161 Å². The third-order valence-electron chi connectivity index (χ3n) is 20.0. The second kappa shape index (κ2) is 38.7. The van der Waals surface area contributed by atoms with E-state index in [1.54, 1.807) is 67.6 Å². The number of rotatable bonds is 20. The number of hydrogen-bond donors (Lipinski definition) is 9. The van der Waals surface area contributed by atoms with Crippen molar-refractivity contribution < 1.29 is 19.0 Å². The van der Waals surface area contributed by atoms with Crippen LogP contribution in [-0.2, 0) is 25.7 Å². The number of aryl methyl sites for hydroxylation is 3. The normalized spacial score (nSPS) is 11.2. The lowest BCUT2D eigenvalue weighted by atomic mass is 10.1. The van der Waals surface area contributed by atoms with E-state index >= 15 is 0 Å². The van der Waals surface area contributed by atoms with E-state index in [9.17, 15) is 17.6 Å². The first kappa shape index (κ1) is 87.0. The van der Waals surface area contributed by atoms with Gasteiger partial charge in [0, 0.05) is 129 Å². The van der Waals surface area contributed by atoms with E-state index in [-0.39, 0.29) is 37.1 Å². The Morgan fingerprint density at radius 1 is 0.451 bits per heavy atom. The van der Waals surface area contributed by atoms with Crippen LogP contribution in [0, 0.1) is 44.0 Å². The first-order chi connectivity index (χ1) is 58.4. The smallest absolute Gasteiger partial charge is 0.180 e. The number of halogens is 8. The van der Waals surface area contributed by atoms with Gasteiger partial charge in [0.15, 0.2) is 56.3 Å². The average Bonchev–Trinajstić information content (AvgIpc) is 1.58. The van der Waals surface area contributed by atoms with E-state index in [1.165, 1.54) is 24.3 Å². The van der Waals surface area contributed by atoms with Crippen LogP contribution in [-0.4, -0.2) is 133 Å². The Balaban J connectivity index is 0.000000142. The third-order valence-corrected chi connectivity index (χ3v) is 21.3. The number of allylic oxidation sites excluding steroid dienone is 3. The number of aromatic nitrogens is 22. The van der Waals surface area contributed by atoms with Crippen molar-refractivity contribution in [2.75, 3.05) is 42.1 Å². The number of para-hydroxylation sites is 4. The number of hydrogen-bond acceptors (Lipinski definition) is 15. The van der Waals surface area contributed by atoms with E-state index in [0.717, 1.165) is 163 Å². The van der Waals surface area contributed by atoms with Crippen molar-refractivity contribution in [1.29, 1.82) is 0 Å². The second-order valence-electron chi connectivity index (χ2n) is 28.9.